The standard InChI is InChI=1S/C28H25FN8O4/c1-13-9-15(3-7-19(13)29)11-30-24(38)21-10-22(37-27(34-21)31-12-32-37)25(39)33-20-8-6-16-14(2)17(4-5-18(16)20)23-26(40)36-28(41)35-23/h3-5,7,9-10,12,20,40H,6,8,11H2,1-2H3,(H,30,38)(H,33,39)(H2,35,36,41)/t20-/m0/s1. The van der Waals surface area contributed by atoms with Crippen LogP contribution in [0.4, 0.5) is 4.39 Å². The molecule has 5 aromatic rings. The highest BCUT2D eigenvalue weighted by Gasteiger charge is 2.29. The number of carbonyl (C=O) groups excluding carboxylic acids is 2. The normalized spacial score (nSPS) is 14.3. The summed E-state index contributed by atoms with van der Waals surface area (Å²) >= 11 is 0. The van der Waals surface area contributed by atoms with Crippen molar-refractivity contribution in [1.29, 1.82) is 0 Å². The van der Waals surface area contributed by atoms with E-state index < -0.39 is 17.5 Å². The lowest BCUT2D eigenvalue weighted by Gasteiger charge is -2.16. The number of nitrogens with one attached hydrogen (secondary N) is 4. The highest BCUT2D eigenvalue weighted by molar-refractivity contribution is 5.98. The number of H-pyrrole nitrogens is 2. The minimum Gasteiger partial charge on any atom is -0.493 e. The zero-order valence-corrected chi connectivity index (χ0v) is 22.1. The van der Waals surface area contributed by atoms with Crippen LogP contribution in [0.3, 0.4) is 0 Å². The fourth-order valence-electron chi connectivity index (χ4n) is 5.28. The van der Waals surface area contributed by atoms with Gasteiger partial charge in [-0.1, -0.05) is 24.3 Å². The third kappa shape index (κ3) is 4.71. The van der Waals surface area contributed by atoms with E-state index >= 15 is 0 Å². The van der Waals surface area contributed by atoms with E-state index in [1.807, 2.05) is 13.0 Å². The summed E-state index contributed by atoms with van der Waals surface area (Å²) in [5, 5.41) is 20.0. The molecule has 12 nitrogen and oxygen atoms in total. The van der Waals surface area contributed by atoms with Crippen LogP contribution in [0.15, 0.2) is 47.5 Å². The lowest BCUT2D eigenvalue weighted by Crippen LogP contribution is -2.30. The monoisotopic (exact) mass is 556 g/mol. The number of aromatic amines is 2. The van der Waals surface area contributed by atoms with Crippen molar-refractivity contribution in [3.05, 3.63) is 98.2 Å². The predicted molar refractivity (Wildman–Crippen MR) is 145 cm³/mol. The van der Waals surface area contributed by atoms with Crippen LogP contribution >= 0.6 is 0 Å². The second-order valence-corrected chi connectivity index (χ2v) is 9.94. The molecule has 0 unspecified atom stereocenters. The lowest BCUT2D eigenvalue weighted by molar-refractivity contribution is 0.0929. The summed E-state index contributed by atoms with van der Waals surface area (Å²) in [5.74, 6) is -1.45. The summed E-state index contributed by atoms with van der Waals surface area (Å²) in [4.78, 5) is 51.3. The van der Waals surface area contributed by atoms with E-state index in [1.54, 1.807) is 25.1 Å². The van der Waals surface area contributed by atoms with Gasteiger partial charge in [0, 0.05) is 18.2 Å². The first kappa shape index (κ1) is 25.9. The maximum absolute atomic E-state index is 13.6. The van der Waals surface area contributed by atoms with Gasteiger partial charge < -0.3 is 20.7 Å². The molecule has 2 amide bonds. The number of hydrogen-bond acceptors (Lipinski definition) is 7. The van der Waals surface area contributed by atoms with Crippen molar-refractivity contribution in [1.82, 2.24) is 40.2 Å². The van der Waals surface area contributed by atoms with Crippen molar-refractivity contribution < 1.29 is 19.1 Å². The average molecular weight is 557 g/mol. The molecule has 208 valence electrons. The van der Waals surface area contributed by atoms with Gasteiger partial charge in [-0.15, -0.1) is 0 Å². The van der Waals surface area contributed by atoms with Crippen molar-refractivity contribution in [3.8, 4) is 17.1 Å². The van der Waals surface area contributed by atoms with Crippen LogP contribution in [-0.4, -0.2) is 46.5 Å². The van der Waals surface area contributed by atoms with Crippen LogP contribution in [0.2, 0.25) is 0 Å². The smallest absolute Gasteiger partial charge is 0.326 e. The Labute approximate surface area is 231 Å². The van der Waals surface area contributed by atoms with Crippen LogP contribution in [0.5, 0.6) is 5.88 Å². The molecule has 3 heterocycles. The minimum atomic E-state index is -0.521. The van der Waals surface area contributed by atoms with E-state index in [1.165, 1.54) is 23.0 Å². The molecule has 0 fully saturated rings. The molecule has 6 rings (SSSR count). The number of imidazole rings is 1. The largest absolute Gasteiger partial charge is 0.493 e. The Kier molecular flexibility index (Phi) is 6.33. The molecular formula is C28H25FN8O4. The van der Waals surface area contributed by atoms with E-state index in [2.05, 4.69) is 35.7 Å². The quantitative estimate of drug-likeness (QED) is 0.214. The number of amides is 2. The molecule has 13 heteroatoms. The number of halogens is 1. The maximum atomic E-state index is 13.6. The van der Waals surface area contributed by atoms with E-state index in [0.29, 0.717) is 29.7 Å². The van der Waals surface area contributed by atoms with Crippen molar-refractivity contribution in [2.75, 3.05) is 0 Å². The number of rotatable bonds is 6. The SMILES string of the molecule is Cc1cc(CNC(=O)c2cc(C(=O)N[C@H]3CCc4c3ccc(-c3[nH]c(=O)[nH]c3O)c4C)n3ncnc3n2)ccc1F. The molecule has 0 spiro atoms. The van der Waals surface area contributed by atoms with E-state index in [9.17, 15) is 23.9 Å². The zero-order chi connectivity index (χ0) is 28.8. The average Bonchev–Trinajstić information content (AvgIpc) is 3.67. The van der Waals surface area contributed by atoms with Crippen molar-refractivity contribution in [2.45, 2.75) is 39.3 Å². The highest BCUT2D eigenvalue weighted by atomic mass is 19.1. The Bertz CT molecular complexity index is 1910. The van der Waals surface area contributed by atoms with E-state index in [-0.39, 0.29) is 41.4 Å². The summed E-state index contributed by atoms with van der Waals surface area (Å²) in [6.07, 6.45) is 2.57. The Morgan fingerprint density at radius 1 is 1.15 bits per heavy atom. The molecular weight excluding hydrogens is 531 g/mol. The molecule has 0 radical (unpaired) electrons. The van der Waals surface area contributed by atoms with Crippen LogP contribution in [0.25, 0.3) is 17.0 Å². The van der Waals surface area contributed by atoms with Gasteiger partial charge in [-0.3, -0.25) is 14.6 Å². The molecule has 5 N–H and O–H groups in total. The molecule has 2 aromatic carbocycles. The van der Waals surface area contributed by atoms with E-state index in [4.69, 9.17) is 0 Å². The van der Waals surface area contributed by atoms with Gasteiger partial charge >= 0.3 is 5.69 Å². The third-order valence-electron chi connectivity index (χ3n) is 7.37. The number of nitrogens with zero attached hydrogens (tertiary/aromatic N) is 4. The van der Waals surface area contributed by atoms with Gasteiger partial charge in [0.05, 0.1) is 6.04 Å². The molecule has 1 atom stereocenters. The molecule has 0 saturated heterocycles. The summed E-state index contributed by atoms with van der Waals surface area (Å²) in [7, 11) is 0. The third-order valence-corrected chi connectivity index (χ3v) is 7.37. The minimum absolute atomic E-state index is 0.0119. The number of aryl methyl sites for hydroxylation is 1. The summed E-state index contributed by atoms with van der Waals surface area (Å²) in [5.41, 5.74) is 4.60. The Balaban J connectivity index is 1.24. The first-order valence-corrected chi connectivity index (χ1v) is 12.9. The topological polar surface area (TPSA) is 170 Å². The first-order chi connectivity index (χ1) is 19.7. The van der Waals surface area contributed by atoms with E-state index in [0.717, 1.165) is 22.3 Å². The fourth-order valence-corrected chi connectivity index (χ4v) is 5.28. The van der Waals surface area contributed by atoms with Crippen molar-refractivity contribution >= 4 is 17.6 Å². The van der Waals surface area contributed by atoms with Crippen LogP contribution < -0.4 is 16.3 Å². The molecule has 3 aromatic heterocycles. The van der Waals surface area contributed by atoms with Crippen molar-refractivity contribution in [3.63, 3.8) is 0 Å². The number of aromatic hydroxyl groups is 1. The number of hydrogen-bond donors (Lipinski definition) is 5. The van der Waals surface area contributed by atoms with Gasteiger partial charge in [0.1, 0.15) is 29.2 Å². The number of fused-ring (bicyclic) bond motifs is 2. The van der Waals surface area contributed by atoms with Gasteiger partial charge in [-0.2, -0.15) is 14.6 Å². The van der Waals surface area contributed by atoms with Crippen molar-refractivity contribution in [2.24, 2.45) is 0 Å². The van der Waals surface area contributed by atoms with Gasteiger partial charge in [-0.25, -0.2) is 14.2 Å². The molecule has 1 aliphatic carbocycles. The summed E-state index contributed by atoms with van der Waals surface area (Å²) < 4.78 is 14.8. The predicted octanol–water partition coefficient (Wildman–Crippen LogP) is 2.62. The lowest BCUT2D eigenvalue weighted by atomic mass is 9.96. The van der Waals surface area contributed by atoms with Gasteiger partial charge in [0.25, 0.3) is 17.6 Å². The molecule has 1 aliphatic rings. The first-order valence-electron chi connectivity index (χ1n) is 12.9. The summed E-state index contributed by atoms with van der Waals surface area (Å²) in [6, 6.07) is 9.29. The van der Waals surface area contributed by atoms with Crippen LogP contribution in [-0.2, 0) is 13.0 Å². The Morgan fingerprint density at radius 3 is 2.73 bits per heavy atom. The van der Waals surface area contributed by atoms with Crippen LogP contribution in [0, 0.1) is 19.7 Å². The molecule has 0 aliphatic heterocycles. The fraction of sp³-hybridized carbons (Fsp3) is 0.214. The Hall–Kier alpha value is -5.33. The molecule has 41 heavy (non-hydrogen) atoms. The van der Waals surface area contributed by atoms with Gasteiger partial charge in [0.15, 0.2) is 0 Å². The molecule has 0 saturated carbocycles. The Morgan fingerprint density at radius 2 is 1.98 bits per heavy atom. The van der Waals surface area contributed by atoms with Crippen LogP contribution in [0.1, 0.15) is 61.3 Å². The summed E-state index contributed by atoms with van der Waals surface area (Å²) in [6.45, 7) is 3.70. The van der Waals surface area contributed by atoms with Gasteiger partial charge in [-0.05, 0) is 60.6 Å². The second kappa shape index (κ2) is 10.0. The highest BCUT2D eigenvalue weighted by Crippen LogP contribution is 2.38. The number of aromatic nitrogens is 6. The molecule has 0 bridgehead atoms. The number of benzene rings is 2. The zero-order valence-electron chi connectivity index (χ0n) is 22.1. The second-order valence-electron chi connectivity index (χ2n) is 9.94. The van der Waals surface area contributed by atoms with Gasteiger partial charge in [0.2, 0.25) is 5.88 Å². The number of carbonyl (C=O) groups is 2. The maximum Gasteiger partial charge on any atom is 0.326 e.